The molecule has 0 aliphatic carbocycles. The van der Waals surface area contributed by atoms with Gasteiger partial charge in [0.05, 0.1) is 0 Å². The molecular formula is C22H22N2O2S. The first-order valence-electron chi connectivity index (χ1n) is 8.95. The van der Waals surface area contributed by atoms with E-state index in [4.69, 9.17) is 0 Å². The van der Waals surface area contributed by atoms with Crippen LogP contribution in [0, 0.1) is 0 Å². The quantitative estimate of drug-likeness (QED) is 0.600. The fourth-order valence-corrected chi connectivity index (χ4v) is 3.47. The number of benzene rings is 2. The molecule has 5 heteroatoms. The van der Waals surface area contributed by atoms with Gasteiger partial charge in [0.15, 0.2) is 0 Å². The van der Waals surface area contributed by atoms with Crippen LogP contribution in [0.2, 0.25) is 0 Å². The molecule has 2 amide bonds. The van der Waals surface area contributed by atoms with Gasteiger partial charge >= 0.3 is 0 Å². The molecule has 0 saturated heterocycles. The normalized spacial score (nSPS) is 10.4. The summed E-state index contributed by atoms with van der Waals surface area (Å²) in [5, 5.41) is 7.85. The van der Waals surface area contributed by atoms with Gasteiger partial charge in [0.2, 0.25) is 5.91 Å². The molecule has 27 heavy (non-hydrogen) atoms. The molecule has 0 fully saturated rings. The molecular weight excluding hydrogens is 356 g/mol. The van der Waals surface area contributed by atoms with Gasteiger partial charge in [-0.15, -0.1) is 11.3 Å². The van der Waals surface area contributed by atoms with Crippen molar-refractivity contribution < 1.29 is 9.59 Å². The summed E-state index contributed by atoms with van der Waals surface area (Å²) < 4.78 is 0. The summed E-state index contributed by atoms with van der Waals surface area (Å²) in [5.74, 6) is -0.129. The SMILES string of the molecule is O=C(CCCc1cccs1)NCc1cccc(C(=O)Nc2ccccc2)c1. The number of aryl methyl sites for hydroxylation is 1. The fraction of sp³-hybridized carbons (Fsp3) is 0.182. The number of carbonyl (C=O) groups excluding carboxylic acids is 2. The first-order valence-corrected chi connectivity index (χ1v) is 9.83. The summed E-state index contributed by atoms with van der Waals surface area (Å²) in [4.78, 5) is 25.7. The lowest BCUT2D eigenvalue weighted by atomic mass is 10.1. The second kappa shape index (κ2) is 9.69. The van der Waals surface area contributed by atoms with Crippen LogP contribution in [0.3, 0.4) is 0 Å². The summed E-state index contributed by atoms with van der Waals surface area (Å²) in [6.07, 6.45) is 2.28. The van der Waals surface area contributed by atoms with Gasteiger partial charge in [-0.2, -0.15) is 0 Å². The number of nitrogens with one attached hydrogen (secondary N) is 2. The number of para-hydroxylation sites is 1. The molecule has 0 radical (unpaired) electrons. The highest BCUT2D eigenvalue weighted by atomic mass is 32.1. The van der Waals surface area contributed by atoms with Crippen LogP contribution in [0.4, 0.5) is 5.69 Å². The van der Waals surface area contributed by atoms with Gasteiger partial charge in [-0.25, -0.2) is 0 Å². The Kier molecular flexibility index (Phi) is 6.77. The van der Waals surface area contributed by atoms with Crippen molar-refractivity contribution in [3.63, 3.8) is 0 Å². The summed E-state index contributed by atoms with van der Waals surface area (Å²) in [5.41, 5.74) is 2.23. The van der Waals surface area contributed by atoms with Crippen molar-refractivity contribution in [3.05, 3.63) is 88.1 Å². The van der Waals surface area contributed by atoms with E-state index in [1.165, 1.54) is 4.88 Å². The molecule has 1 aromatic heterocycles. The van der Waals surface area contributed by atoms with Crippen molar-refractivity contribution in [3.8, 4) is 0 Å². The highest BCUT2D eigenvalue weighted by Crippen LogP contribution is 2.13. The minimum absolute atomic E-state index is 0.0331. The zero-order valence-electron chi connectivity index (χ0n) is 15.0. The van der Waals surface area contributed by atoms with E-state index in [1.807, 2.05) is 54.6 Å². The molecule has 0 aliphatic rings. The summed E-state index contributed by atoms with van der Waals surface area (Å²) in [7, 11) is 0. The average Bonchev–Trinajstić information content (AvgIpc) is 3.21. The van der Waals surface area contributed by atoms with Crippen LogP contribution in [0.15, 0.2) is 72.1 Å². The molecule has 0 aliphatic heterocycles. The maximum Gasteiger partial charge on any atom is 0.255 e. The number of hydrogen-bond donors (Lipinski definition) is 2. The van der Waals surface area contributed by atoms with Gasteiger partial charge in [-0.05, 0) is 54.1 Å². The molecule has 0 unspecified atom stereocenters. The van der Waals surface area contributed by atoms with E-state index in [0.29, 0.717) is 18.5 Å². The third kappa shape index (κ3) is 6.08. The van der Waals surface area contributed by atoms with E-state index in [2.05, 4.69) is 22.1 Å². The Morgan fingerprint density at radius 3 is 2.56 bits per heavy atom. The Morgan fingerprint density at radius 2 is 1.78 bits per heavy atom. The topological polar surface area (TPSA) is 58.2 Å². The third-order valence-electron chi connectivity index (χ3n) is 4.12. The average molecular weight is 378 g/mol. The first-order chi connectivity index (χ1) is 13.2. The van der Waals surface area contributed by atoms with E-state index in [0.717, 1.165) is 24.1 Å². The highest BCUT2D eigenvalue weighted by Gasteiger charge is 2.08. The zero-order chi connectivity index (χ0) is 18.9. The van der Waals surface area contributed by atoms with Crippen molar-refractivity contribution in [2.45, 2.75) is 25.8 Å². The predicted molar refractivity (Wildman–Crippen MR) is 110 cm³/mol. The summed E-state index contributed by atoms with van der Waals surface area (Å²) in [6.45, 7) is 0.421. The number of rotatable bonds is 8. The third-order valence-corrected chi connectivity index (χ3v) is 5.05. The van der Waals surface area contributed by atoms with Crippen LogP contribution in [-0.2, 0) is 17.8 Å². The zero-order valence-corrected chi connectivity index (χ0v) is 15.8. The Hall–Kier alpha value is -2.92. The molecule has 0 atom stereocenters. The molecule has 2 N–H and O–H groups in total. The molecule has 138 valence electrons. The van der Waals surface area contributed by atoms with E-state index in [1.54, 1.807) is 17.4 Å². The summed E-state index contributed by atoms with van der Waals surface area (Å²) in [6, 6.07) is 20.8. The lowest BCUT2D eigenvalue weighted by Crippen LogP contribution is -2.22. The first kappa shape index (κ1) is 18.9. The number of carbonyl (C=O) groups is 2. The van der Waals surface area contributed by atoms with Crippen molar-refractivity contribution >= 4 is 28.8 Å². The summed E-state index contributed by atoms with van der Waals surface area (Å²) >= 11 is 1.72. The number of anilines is 1. The minimum atomic E-state index is -0.162. The Balaban J connectivity index is 1.47. The Labute approximate surface area is 163 Å². The van der Waals surface area contributed by atoms with Gasteiger partial charge in [0.25, 0.3) is 5.91 Å². The van der Waals surface area contributed by atoms with Gasteiger partial charge < -0.3 is 10.6 Å². The van der Waals surface area contributed by atoms with Gasteiger partial charge in [0.1, 0.15) is 0 Å². The highest BCUT2D eigenvalue weighted by molar-refractivity contribution is 7.09. The fourth-order valence-electron chi connectivity index (χ4n) is 2.71. The van der Waals surface area contributed by atoms with E-state index in [9.17, 15) is 9.59 Å². The van der Waals surface area contributed by atoms with Crippen molar-refractivity contribution in [1.29, 1.82) is 0 Å². The molecule has 1 heterocycles. The van der Waals surface area contributed by atoms with Crippen LogP contribution in [0.5, 0.6) is 0 Å². The Morgan fingerprint density at radius 1 is 0.926 bits per heavy atom. The molecule has 2 aromatic carbocycles. The lowest BCUT2D eigenvalue weighted by Gasteiger charge is -2.08. The smallest absolute Gasteiger partial charge is 0.255 e. The second-order valence-electron chi connectivity index (χ2n) is 6.23. The van der Waals surface area contributed by atoms with E-state index < -0.39 is 0 Å². The number of amides is 2. The largest absolute Gasteiger partial charge is 0.352 e. The van der Waals surface area contributed by atoms with Gasteiger partial charge in [-0.3, -0.25) is 9.59 Å². The van der Waals surface area contributed by atoms with Gasteiger partial charge in [0, 0.05) is 29.1 Å². The number of hydrogen-bond acceptors (Lipinski definition) is 3. The van der Waals surface area contributed by atoms with Crippen LogP contribution in [0.1, 0.15) is 33.6 Å². The Bertz CT molecular complexity index is 876. The van der Waals surface area contributed by atoms with E-state index >= 15 is 0 Å². The molecule has 3 aromatic rings. The van der Waals surface area contributed by atoms with Gasteiger partial charge in [-0.1, -0.05) is 36.4 Å². The second-order valence-corrected chi connectivity index (χ2v) is 7.26. The van der Waals surface area contributed by atoms with Crippen LogP contribution >= 0.6 is 11.3 Å². The van der Waals surface area contributed by atoms with Crippen LogP contribution in [-0.4, -0.2) is 11.8 Å². The monoisotopic (exact) mass is 378 g/mol. The molecule has 4 nitrogen and oxygen atoms in total. The molecule has 0 spiro atoms. The van der Waals surface area contributed by atoms with Crippen LogP contribution < -0.4 is 10.6 Å². The molecule has 0 bridgehead atoms. The molecule has 3 rings (SSSR count). The van der Waals surface area contributed by atoms with Crippen molar-refractivity contribution in [1.82, 2.24) is 5.32 Å². The standard InChI is InChI=1S/C22H22N2O2S/c25-21(13-5-11-20-12-6-14-27-20)23-16-17-7-4-8-18(15-17)22(26)24-19-9-2-1-3-10-19/h1-4,6-10,12,14-15H,5,11,13,16H2,(H,23,25)(H,24,26). The maximum atomic E-state index is 12.4. The lowest BCUT2D eigenvalue weighted by molar-refractivity contribution is -0.121. The molecule has 0 saturated carbocycles. The van der Waals surface area contributed by atoms with E-state index in [-0.39, 0.29) is 11.8 Å². The predicted octanol–water partition coefficient (Wildman–Crippen LogP) is 4.64. The van der Waals surface area contributed by atoms with Crippen molar-refractivity contribution in [2.24, 2.45) is 0 Å². The van der Waals surface area contributed by atoms with Crippen LogP contribution in [0.25, 0.3) is 0 Å². The minimum Gasteiger partial charge on any atom is -0.352 e. The maximum absolute atomic E-state index is 12.4. The van der Waals surface area contributed by atoms with Crippen molar-refractivity contribution in [2.75, 3.05) is 5.32 Å². The number of thiophene rings is 1.